The highest BCUT2D eigenvalue weighted by Gasteiger charge is 2.13. The monoisotopic (exact) mass is 169 g/mol. The van der Waals surface area contributed by atoms with Gasteiger partial charge in [0.15, 0.2) is 0 Å². The first-order chi connectivity index (χ1) is 5.65. The molecular formula is C8H15N3O. The molecule has 0 radical (unpaired) electrons. The molecule has 0 aliphatic carbocycles. The second kappa shape index (κ2) is 3.67. The van der Waals surface area contributed by atoms with E-state index in [-0.39, 0.29) is 12.0 Å². The van der Waals surface area contributed by atoms with E-state index in [1.54, 1.807) is 0 Å². The molecule has 1 unspecified atom stereocenters. The van der Waals surface area contributed by atoms with Crippen LogP contribution < -0.4 is 5.73 Å². The van der Waals surface area contributed by atoms with E-state index in [1.165, 1.54) is 0 Å². The first-order valence-electron chi connectivity index (χ1n) is 4.24. The fourth-order valence-electron chi connectivity index (χ4n) is 0.804. The third-order valence-corrected chi connectivity index (χ3v) is 1.71. The minimum atomic E-state index is -0.120. The van der Waals surface area contributed by atoms with Crippen LogP contribution in [0.3, 0.4) is 0 Å². The molecule has 0 spiro atoms. The fourth-order valence-corrected chi connectivity index (χ4v) is 0.804. The normalized spacial score (nSPS) is 13.8. The quantitative estimate of drug-likeness (QED) is 0.746. The van der Waals surface area contributed by atoms with E-state index in [9.17, 15) is 0 Å². The Balaban J connectivity index is 2.77. The average molecular weight is 169 g/mol. The second-order valence-electron chi connectivity index (χ2n) is 3.15. The molecule has 0 amide bonds. The van der Waals surface area contributed by atoms with Crippen LogP contribution in [0.4, 0.5) is 0 Å². The van der Waals surface area contributed by atoms with Crippen molar-refractivity contribution in [2.24, 2.45) is 5.73 Å². The Hall–Kier alpha value is -0.900. The molecule has 1 atom stereocenters. The molecule has 4 nitrogen and oxygen atoms in total. The number of nitrogens with zero attached hydrogens (tertiary/aromatic N) is 2. The van der Waals surface area contributed by atoms with Crippen LogP contribution in [-0.4, -0.2) is 10.2 Å². The zero-order chi connectivity index (χ0) is 9.14. The molecule has 0 bridgehead atoms. The zero-order valence-corrected chi connectivity index (χ0v) is 7.74. The summed E-state index contributed by atoms with van der Waals surface area (Å²) >= 11 is 0. The van der Waals surface area contributed by atoms with Crippen LogP contribution in [0.2, 0.25) is 0 Å². The van der Waals surface area contributed by atoms with Crippen LogP contribution in [0.5, 0.6) is 0 Å². The molecule has 0 saturated heterocycles. The van der Waals surface area contributed by atoms with Crippen LogP contribution in [0.15, 0.2) is 4.42 Å². The van der Waals surface area contributed by atoms with Gasteiger partial charge in [-0.3, -0.25) is 0 Å². The Kier molecular flexibility index (Phi) is 2.81. The average Bonchev–Trinajstić information content (AvgIpc) is 2.51. The maximum Gasteiger partial charge on any atom is 0.233 e. The number of nitrogens with two attached hydrogens (primary N) is 1. The Bertz CT molecular complexity index is 244. The van der Waals surface area contributed by atoms with Crippen molar-refractivity contribution in [1.82, 2.24) is 10.2 Å². The SMILES string of the molecule is CCC(N)c1nnc(C(C)C)o1. The van der Waals surface area contributed by atoms with Gasteiger partial charge in [0.1, 0.15) is 0 Å². The maximum absolute atomic E-state index is 5.71. The first-order valence-corrected chi connectivity index (χ1v) is 4.24. The summed E-state index contributed by atoms with van der Waals surface area (Å²) in [5, 5.41) is 7.75. The number of aromatic nitrogens is 2. The van der Waals surface area contributed by atoms with Crippen molar-refractivity contribution in [2.75, 3.05) is 0 Å². The third-order valence-electron chi connectivity index (χ3n) is 1.71. The van der Waals surface area contributed by atoms with Gasteiger partial charge in [-0.05, 0) is 6.42 Å². The largest absolute Gasteiger partial charge is 0.423 e. The molecule has 12 heavy (non-hydrogen) atoms. The van der Waals surface area contributed by atoms with Crippen molar-refractivity contribution < 1.29 is 4.42 Å². The lowest BCUT2D eigenvalue weighted by Gasteiger charge is -2.00. The Morgan fingerprint density at radius 3 is 2.33 bits per heavy atom. The van der Waals surface area contributed by atoms with Gasteiger partial charge in [-0.2, -0.15) is 0 Å². The predicted octanol–water partition coefficient (Wildman–Crippen LogP) is 1.60. The van der Waals surface area contributed by atoms with E-state index >= 15 is 0 Å². The highest BCUT2D eigenvalue weighted by Crippen LogP contribution is 2.16. The van der Waals surface area contributed by atoms with Crippen LogP contribution >= 0.6 is 0 Å². The molecule has 0 aliphatic heterocycles. The number of hydrogen-bond donors (Lipinski definition) is 1. The molecule has 0 fully saturated rings. The lowest BCUT2D eigenvalue weighted by atomic mass is 10.2. The molecule has 2 N–H and O–H groups in total. The van der Waals surface area contributed by atoms with Crippen molar-refractivity contribution in [3.05, 3.63) is 11.8 Å². The maximum atomic E-state index is 5.71. The highest BCUT2D eigenvalue weighted by atomic mass is 16.4. The molecule has 0 aromatic carbocycles. The minimum absolute atomic E-state index is 0.120. The molecule has 1 aromatic heterocycles. The van der Waals surface area contributed by atoms with Gasteiger partial charge in [0.25, 0.3) is 0 Å². The minimum Gasteiger partial charge on any atom is -0.423 e. The summed E-state index contributed by atoms with van der Waals surface area (Å²) < 4.78 is 5.35. The molecule has 68 valence electrons. The van der Waals surface area contributed by atoms with Gasteiger partial charge in [0.2, 0.25) is 11.8 Å². The second-order valence-corrected chi connectivity index (χ2v) is 3.15. The highest BCUT2D eigenvalue weighted by molar-refractivity contribution is 4.91. The summed E-state index contributed by atoms with van der Waals surface area (Å²) in [5.74, 6) is 1.48. The van der Waals surface area contributed by atoms with Gasteiger partial charge in [-0.25, -0.2) is 0 Å². The molecule has 1 rings (SSSR count). The molecule has 0 saturated carbocycles. The van der Waals surface area contributed by atoms with E-state index in [0.29, 0.717) is 11.8 Å². The molecule has 4 heteroatoms. The van der Waals surface area contributed by atoms with Crippen LogP contribution in [0.1, 0.15) is 50.9 Å². The van der Waals surface area contributed by atoms with Gasteiger partial charge in [0.05, 0.1) is 6.04 Å². The molecular weight excluding hydrogens is 154 g/mol. The lowest BCUT2D eigenvalue weighted by Crippen LogP contribution is -2.08. The van der Waals surface area contributed by atoms with Gasteiger partial charge in [-0.1, -0.05) is 20.8 Å². The van der Waals surface area contributed by atoms with Gasteiger partial charge in [-0.15, -0.1) is 10.2 Å². The van der Waals surface area contributed by atoms with Gasteiger partial charge in [0, 0.05) is 5.92 Å². The lowest BCUT2D eigenvalue weighted by molar-refractivity contribution is 0.401. The summed E-state index contributed by atoms with van der Waals surface area (Å²) in [7, 11) is 0. The topological polar surface area (TPSA) is 64.9 Å². The summed E-state index contributed by atoms with van der Waals surface area (Å²) in [6.07, 6.45) is 0.819. The molecule has 1 heterocycles. The number of hydrogen-bond acceptors (Lipinski definition) is 4. The van der Waals surface area contributed by atoms with E-state index in [1.807, 2.05) is 20.8 Å². The van der Waals surface area contributed by atoms with Gasteiger partial charge >= 0.3 is 0 Å². The van der Waals surface area contributed by atoms with Gasteiger partial charge < -0.3 is 10.2 Å². The zero-order valence-electron chi connectivity index (χ0n) is 7.74. The Labute approximate surface area is 72.2 Å². The van der Waals surface area contributed by atoms with E-state index < -0.39 is 0 Å². The van der Waals surface area contributed by atoms with Crippen molar-refractivity contribution in [1.29, 1.82) is 0 Å². The smallest absolute Gasteiger partial charge is 0.233 e. The van der Waals surface area contributed by atoms with E-state index in [4.69, 9.17) is 10.2 Å². The summed E-state index contributed by atoms with van der Waals surface area (Å²) in [6, 6.07) is -0.120. The first kappa shape index (κ1) is 9.19. The van der Waals surface area contributed by atoms with Crippen LogP contribution in [0.25, 0.3) is 0 Å². The summed E-state index contributed by atoms with van der Waals surface area (Å²) in [5.41, 5.74) is 5.71. The van der Waals surface area contributed by atoms with Crippen molar-refractivity contribution in [2.45, 2.75) is 39.2 Å². The van der Waals surface area contributed by atoms with Crippen LogP contribution in [-0.2, 0) is 0 Å². The Morgan fingerprint density at radius 1 is 1.33 bits per heavy atom. The van der Waals surface area contributed by atoms with Crippen molar-refractivity contribution >= 4 is 0 Å². The summed E-state index contributed by atoms with van der Waals surface area (Å²) in [6.45, 7) is 6.01. The molecule has 1 aromatic rings. The van der Waals surface area contributed by atoms with Crippen molar-refractivity contribution in [3.63, 3.8) is 0 Å². The Morgan fingerprint density at radius 2 is 1.92 bits per heavy atom. The van der Waals surface area contributed by atoms with Crippen molar-refractivity contribution in [3.8, 4) is 0 Å². The standard InChI is InChI=1S/C8H15N3O/c1-4-6(9)8-11-10-7(12-8)5(2)3/h5-6H,4,9H2,1-3H3. The van der Waals surface area contributed by atoms with E-state index in [0.717, 1.165) is 6.42 Å². The summed E-state index contributed by atoms with van der Waals surface area (Å²) in [4.78, 5) is 0. The number of rotatable bonds is 3. The third kappa shape index (κ3) is 1.82. The fraction of sp³-hybridized carbons (Fsp3) is 0.750. The predicted molar refractivity (Wildman–Crippen MR) is 45.6 cm³/mol. The van der Waals surface area contributed by atoms with E-state index in [2.05, 4.69) is 10.2 Å². The molecule has 0 aliphatic rings. The van der Waals surface area contributed by atoms with Crippen LogP contribution in [0, 0.1) is 0 Å².